The molecule has 0 aliphatic carbocycles. The molecule has 3 heterocycles. The molecule has 0 spiro atoms. The Hall–Kier alpha value is -2.48. The Balaban J connectivity index is 1.69. The maximum absolute atomic E-state index is 11.4. The van der Waals surface area contributed by atoms with Gasteiger partial charge < -0.3 is 9.47 Å². The summed E-state index contributed by atoms with van der Waals surface area (Å²) in [7, 11) is 0. The van der Waals surface area contributed by atoms with Crippen LogP contribution in [0.5, 0.6) is 0 Å². The smallest absolute Gasteiger partial charge is 0.302 e. The summed E-state index contributed by atoms with van der Waals surface area (Å²) in [6.07, 6.45) is 8.33. The van der Waals surface area contributed by atoms with Gasteiger partial charge in [0.05, 0.1) is 12.4 Å². The van der Waals surface area contributed by atoms with E-state index in [1.165, 1.54) is 13.1 Å². The molecule has 3 aromatic rings. The van der Waals surface area contributed by atoms with Gasteiger partial charge in [-0.3, -0.25) is 4.79 Å². The third-order valence-corrected chi connectivity index (χ3v) is 5.32. The van der Waals surface area contributed by atoms with Crippen LogP contribution in [0.15, 0.2) is 36.8 Å². The molecule has 1 unspecified atom stereocenters. The van der Waals surface area contributed by atoms with Crippen molar-refractivity contribution in [2.75, 3.05) is 6.61 Å². The van der Waals surface area contributed by atoms with Gasteiger partial charge in [0.25, 0.3) is 0 Å². The minimum Gasteiger partial charge on any atom is -0.461 e. The Bertz CT molecular complexity index is 1060. The maximum atomic E-state index is 11.4. The topological polar surface area (TPSA) is 79.1 Å². The first-order valence-corrected chi connectivity index (χ1v) is 10.4. The van der Waals surface area contributed by atoms with E-state index in [0.29, 0.717) is 5.69 Å². The number of nitrogens with zero attached hydrogens (tertiary/aromatic N) is 4. The molecule has 1 aromatic carbocycles. The second-order valence-corrected chi connectivity index (χ2v) is 7.76. The van der Waals surface area contributed by atoms with E-state index in [2.05, 4.69) is 15.1 Å². The van der Waals surface area contributed by atoms with Crippen LogP contribution in [0.1, 0.15) is 38.0 Å². The van der Waals surface area contributed by atoms with E-state index < -0.39 is 0 Å². The summed E-state index contributed by atoms with van der Waals surface area (Å²) < 4.78 is 12.9. The lowest BCUT2D eigenvalue weighted by Crippen LogP contribution is -2.18. The summed E-state index contributed by atoms with van der Waals surface area (Å²) >= 11 is 12.1. The average Bonchev–Trinajstić information content (AvgIpc) is 3.23. The molecule has 0 saturated carbocycles. The van der Waals surface area contributed by atoms with Crippen LogP contribution in [-0.4, -0.2) is 32.3 Å². The molecule has 1 aliphatic rings. The highest BCUT2D eigenvalue weighted by atomic mass is 35.5. The number of hydrogen-bond donors (Lipinski definition) is 0. The van der Waals surface area contributed by atoms with Crippen LogP contribution in [-0.2, 0) is 20.9 Å². The van der Waals surface area contributed by atoms with E-state index in [0.717, 1.165) is 48.1 Å². The van der Waals surface area contributed by atoms with Crippen molar-refractivity contribution >= 4 is 29.2 Å². The summed E-state index contributed by atoms with van der Waals surface area (Å²) in [6.45, 7) is 2.20. The van der Waals surface area contributed by atoms with Gasteiger partial charge in [-0.1, -0.05) is 35.3 Å². The van der Waals surface area contributed by atoms with E-state index >= 15 is 0 Å². The largest absolute Gasteiger partial charge is 0.461 e. The van der Waals surface area contributed by atoms with E-state index in [1.807, 2.05) is 29.1 Å². The Morgan fingerprint density at radius 3 is 2.87 bits per heavy atom. The van der Waals surface area contributed by atoms with Crippen LogP contribution in [0.3, 0.4) is 0 Å². The fraction of sp³-hybridized carbons (Fsp3) is 0.333. The molecule has 30 heavy (non-hydrogen) atoms. The highest BCUT2D eigenvalue weighted by molar-refractivity contribution is 6.33. The highest BCUT2D eigenvalue weighted by Crippen LogP contribution is 2.33. The molecule has 7 nitrogen and oxygen atoms in total. The van der Waals surface area contributed by atoms with Crippen molar-refractivity contribution < 1.29 is 14.3 Å². The predicted octanol–water partition coefficient (Wildman–Crippen LogP) is 5.08. The Kier molecular flexibility index (Phi) is 6.32. The molecule has 4 rings (SSSR count). The normalized spacial score (nSPS) is 16.4. The molecular formula is C21H20Cl2N4O3. The summed E-state index contributed by atoms with van der Waals surface area (Å²) in [5.74, 6) is -0.373. The third-order valence-electron chi connectivity index (χ3n) is 4.88. The minimum absolute atomic E-state index is 0.0320. The predicted molar refractivity (Wildman–Crippen MR) is 113 cm³/mol. The van der Waals surface area contributed by atoms with Crippen LogP contribution in [0.2, 0.25) is 10.3 Å². The molecular weight excluding hydrogens is 427 g/mol. The number of rotatable bonds is 5. The van der Waals surface area contributed by atoms with Crippen molar-refractivity contribution in [1.29, 1.82) is 0 Å². The number of carbonyl (C=O) groups excluding carboxylic acids is 1. The van der Waals surface area contributed by atoms with Gasteiger partial charge in [-0.05, 0) is 36.5 Å². The first kappa shape index (κ1) is 20.8. The zero-order valence-electron chi connectivity index (χ0n) is 16.3. The lowest BCUT2D eigenvalue weighted by atomic mass is 9.99. The standard InChI is InChI=1S/C21H20Cl2N4O3/c1-13(28)30-12-15-8-14(5-6-17(15)20-21(23)26-18(22)10-24-20)16-9-25-27(11-16)19-4-2-3-7-29-19/h5-6,8-11,19H,2-4,7,12H2,1H3. The van der Waals surface area contributed by atoms with Crippen LogP contribution >= 0.6 is 23.2 Å². The second-order valence-electron chi connectivity index (χ2n) is 7.01. The maximum Gasteiger partial charge on any atom is 0.302 e. The van der Waals surface area contributed by atoms with Gasteiger partial charge in [0.15, 0.2) is 5.15 Å². The van der Waals surface area contributed by atoms with Crippen molar-refractivity contribution in [3.8, 4) is 22.4 Å². The van der Waals surface area contributed by atoms with Crippen molar-refractivity contribution in [3.05, 3.63) is 52.7 Å². The quantitative estimate of drug-likeness (QED) is 0.508. The van der Waals surface area contributed by atoms with Crippen molar-refractivity contribution in [3.63, 3.8) is 0 Å². The minimum atomic E-state index is -0.373. The monoisotopic (exact) mass is 446 g/mol. The van der Waals surface area contributed by atoms with Gasteiger partial charge in [-0.2, -0.15) is 5.10 Å². The highest BCUT2D eigenvalue weighted by Gasteiger charge is 2.18. The fourth-order valence-corrected chi connectivity index (χ4v) is 3.83. The summed E-state index contributed by atoms with van der Waals surface area (Å²) in [4.78, 5) is 19.7. The second kappa shape index (κ2) is 9.12. The summed E-state index contributed by atoms with van der Waals surface area (Å²) in [5, 5.41) is 4.86. The Labute approximate surface area is 184 Å². The van der Waals surface area contributed by atoms with E-state index in [4.69, 9.17) is 32.7 Å². The molecule has 1 saturated heterocycles. The first-order chi connectivity index (χ1) is 14.5. The lowest BCUT2D eigenvalue weighted by molar-refractivity contribution is -0.142. The first-order valence-electron chi connectivity index (χ1n) is 9.62. The molecule has 0 amide bonds. The number of halogens is 2. The molecule has 0 radical (unpaired) electrons. The van der Waals surface area contributed by atoms with Crippen LogP contribution < -0.4 is 0 Å². The van der Waals surface area contributed by atoms with Gasteiger partial charge in [0.1, 0.15) is 23.7 Å². The van der Waals surface area contributed by atoms with E-state index in [-0.39, 0.29) is 29.1 Å². The zero-order chi connectivity index (χ0) is 21.1. The van der Waals surface area contributed by atoms with Gasteiger partial charge in [-0.25, -0.2) is 14.6 Å². The molecule has 1 fully saturated rings. The Morgan fingerprint density at radius 2 is 2.13 bits per heavy atom. The molecule has 1 atom stereocenters. The van der Waals surface area contributed by atoms with Crippen LogP contribution in [0, 0.1) is 0 Å². The third kappa shape index (κ3) is 4.64. The zero-order valence-corrected chi connectivity index (χ0v) is 17.9. The Morgan fingerprint density at radius 1 is 1.27 bits per heavy atom. The van der Waals surface area contributed by atoms with Gasteiger partial charge >= 0.3 is 5.97 Å². The molecule has 0 bridgehead atoms. The number of benzene rings is 1. The van der Waals surface area contributed by atoms with Crippen molar-refractivity contribution in [1.82, 2.24) is 19.7 Å². The van der Waals surface area contributed by atoms with Crippen molar-refractivity contribution in [2.24, 2.45) is 0 Å². The van der Waals surface area contributed by atoms with Crippen molar-refractivity contribution in [2.45, 2.75) is 39.0 Å². The van der Waals surface area contributed by atoms with Gasteiger partial charge in [-0.15, -0.1) is 0 Å². The van der Waals surface area contributed by atoms with Gasteiger partial charge in [0.2, 0.25) is 0 Å². The lowest BCUT2D eigenvalue weighted by Gasteiger charge is -2.22. The number of aromatic nitrogens is 4. The SMILES string of the molecule is CC(=O)OCc1cc(-c2cnn(C3CCCCO3)c2)ccc1-c1ncc(Cl)nc1Cl. The molecule has 2 aromatic heterocycles. The number of ether oxygens (including phenoxy) is 2. The molecule has 0 N–H and O–H groups in total. The van der Waals surface area contributed by atoms with E-state index in [1.54, 1.807) is 6.20 Å². The number of carbonyl (C=O) groups is 1. The fourth-order valence-electron chi connectivity index (χ4n) is 3.41. The summed E-state index contributed by atoms with van der Waals surface area (Å²) in [5.41, 5.74) is 3.82. The van der Waals surface area contributed by atoms with Crippen LogP contribution in [0.25, 0.3) is 22.4 Å². The summed E-state index contributed by atoms with van der Waals surface area (Å²) in [6, 6.07) is 5.77. The molecule has 1 aliphatic heterocycles. The van der Waals surface area contributed by atoms with E-state index in [9.17, 15) is 4.79 Å². The molecule has 156 valence electrons. The molecule has 9 heteroatoms. The number of esters is 1. The van der Waals surface area contributed by atoms with Crippen LogP contribution in [0.4, 0.5) is 0 Å². The average molecular weight is 447 g/mol. The van der Waals surface area contributed by atoms with Gasteiger partial charge in [0, 0.05) is 30.9 Å². The number of hydrogen-bond acceptors (Lipinski definition) is 6.